The highest BCUT2D eigenvalue weighted by Gasteiger charge is 2.49. The molecule has 2 fully saturated rings. The molecule has 0 radical (unpaired) electrons. The summed E-state index contributed by atoms with van der Waals surface area (Å²) in [7, 11) is 4.37. The lowest BCUT2D eigenvalue weighted by Gasteiger charge is -2.48. The van der Waals surface area contributed by atoms with E-state index in [0.717, 1.165) is 44.5 Å². The van der Waals surface area contributed by atoms with Crippen LogP contribution in [0, 0.1) is 0 Å². The third-order valence-corrected chi connectivity index (χ3v) is 6.51. The summed E-state index contributed by atoms with van der Waals surface area (Å²) in [5.41, 5.74) is 1.46. The second-order valence-corrected chi connectivity index (χ2v) is 8.40. The summed E-state index contributed by atoms with van der Waals surface area (Å²) >= 11 is 1.80. The lowest BCUT2D eigenvalue weighted by atomic mass is 9.69. The van der Waals surface area contributed by atoms with Crippen LogP contribution in [0.3, 0.4) is 0 Å². The Kier molecular flexibility index (Phi) is 5.11. The molecule has 1 saturated carbocycles. The normalized spacial score (nSPS) is 30.2. The summed E-state index contributed by atoms with van der Waals surface area (Å²) in [4.78, 5) is 16.7. The van der Waals surface area contributed by atoms with Gasteiger partial charge in [0, 0.05) is 24.4 Å². The van der Waals surface area contributed by atoms with E-state index < -0.39 is 0 Å². The van der Waals surface area contributed by atoms with Gasteiger partial charge in [-0.2, -0.15) is 11.8 Å². The molecule has 1 aromatic carbocycles. The second kappa shape index (κ2) is 6.96. The molecule has 5 heteroatoms. The van der Waals surface area contributed by atoms with Crippen molar-refractivity contribution in [3.05, 3.63) is 35.9 Å². The maximum Gasteiger partial charge on any atom is 0.317 e. The molecule has 1 aliphatic heterocycles. The number of carbonyl (C=O) groups excluding carboxylic acids is 1. The van der Waals surface area contributed by atoms with Gasteiger partial charge in [0.05, 0.1) is 5.54 Å². The zero-order chi connectivity index (χ0) is 17.2. The van der Waals surface area contributed by atoms with Gasteiger partial charge in [-0.1, -0.05) is 30.3 Å². The Morgan fingerprint density at radius 3 is 2.42 bits per heavy atom. The van der Waals surface area contributed by atoms with Crippen molar-refractivity contribution >= 4 is 17.8 Å². The van der Waals surface area contributed by atoms with Crippen LogP contribution >= 0.6 is 11.8 Å². The van der Waals surface area contributed by atoms with Crippen LogP contribution < -0.4 is 5.32 Å². The first kappa shape index (κ1) is 17.6. The molecule has 24 heavy (non-hydrogen) atoms. The van der Waals surface area contributed by atoms with Crippen LogP contribution in [-0.4, -0.2) is 60.6 Å². The quantitative estimate of drug-likeness (QED) is 0.889. The number of hydrogen-bond acceptors (Lipinski definition) is 3. The number of benzene rings is 1. The highest BCUT2D eigenvalue weighted by molar-refractivity contribution is 7.98. The summed E-state index contributed by atoms with van der Waals surface area (Å²) in [5.74, 6) is 1.01. The third-order valence-electron chi connectivity index (χ3n) is 5.92. The molecular formula is C19H29N3OS. The average Bonchev–Trinajstić information content (AvgIpc) is 2.90. The van der Waals surface area contributed by atoms with E-state index in [4.69, 9.17) is 0 Å². The summed E-state index contributed by atoms with van der Waals surface area (Å²) < 4.78 is 0. The summed E-state index contributed by atoms with van der Waals surface area (Å²) in [6, 6.07) is 11.0. The smallest absolute Gasteiger partial charge is 0.317 e. The number of hydrogen-bond donors (Lipinski definition) is 1. The third kappa shape index (κ3) is 3.16. The van der Waals surface area contributed by atoms with E-state index in [2.05, 4.69) is 60.9 Å². The first-order valence-electron chi connectivity index (χ1n) is 8.80. The fourth-order valence-corrected chi connectivity index (χ4v) is 4.74. The largest absolute Gasteiger partial charge is 0.331 e. The molecule has 0 aromatic heterocycles. The molecule has 0 atom stereocenters. The Balaban J connectivity index is 1.74. The summed E-state index contributed by atoms with van der Waals surface area (Å²) in [5, 5.41) is 3.32. The standard InChI is InChI=1S/C19H29N3OS/c1-21(2)19(16-7-5-4-6-8-16)11-9-18(10-12-19)15-22(13-14-24-3)17(23)20-18/h4-8H,9-15H2,1-3H3,(H,20,23). The van der Waals surface area contributed by atoms with Gasteiger partial charge in [0.2, 0.25) is 0 Å². The van der Waals surface area contributed by atoms with Gasteiger partial charge < -0.3 is 10.2 Å². The fourth-order valence-electron chi connectivity index (χ4n) is 4.33. The number of carbonyl (C=O) groups is 1. The zero-order valence-corrected chi connectivity index (χ0v) is 15.9. The van der Waals surface area contributed by atoms with Crippen molar-refractivity contribution in [1.82, 2.24) is 15.1 Å². The molecule has 2 amide bonds. The molecular weight excluding hydrogens is 318 g/mol. The molecule has 1 spiro atoms. The molecule has 1 saturated heterocycles. The van der Waals surface area contributed by atoms with Crippen molar-refractivity contribution in [1.29, 1.82) is 0 Å². The Hall–Kier alpha value is -1.20. The van der Waals surface area contributed by atoms with Crippen molar-refractivity contribution in [2.24, 2.45) is 0 Å². The van der Waals surface area contributed by atoms with Gasteiger partial charge in [0.15, 0.2) is 0 Å². The van der Waals surface area contributed by atoms with Crippen LogP contribution in [-0.2, 0) is 5.54 Å². The van der Waals surface area contributed by atoms with Crippen LogP contribution in [0.15, 0.2) is 30.3 Å². The molecule has 2 aliphatic rings. The number of thioether (sulfide) groups is 1. The number of urea groups is 1. The predicted molar refractivity (Wildman–Crippen MR) is 101 cm³/mol. The minimum Gasteiger partial charge on any atom is -0.331 e. The van der Waals surface area contributed by atoms with E-state index in [1.165, 1.54) is 5.56 Å². The zero-order valence-electron chi connectivity index (χ0n) is 15.0. The van der Waals surface area contributed by atoms with Gasteiger partial charge in [0.1, 0.15) is 0 Å². The number of nitrogens with one attached hydrogen (secondary N) is 1. The van der Waals surface area contributed by atoms with Crippen molar-refractivity contribution in [3.63, 3.8) is 0 Å². The molecule has 132 valence electrons. The van der Waals surface area contributed by atoms with Gasteiger partial charge in [-0.05, 0) is 51.6 Å². The van der Waals surface area contributed by atoms with Gasteiger partial charge in [-0.15, -0.1) is 0 Å². The van der Waals surface area contributed by atoms with Gasteiger partial charge >= 0.3 is 6.03 Å². The minimum absolute atomic E-state index is 0.0240. The Morgan fingerprint density at radius 1 is 1.17 bits per heavy atom. The highest BCUT2D eigenvalue weighted by Crippen LogP contribution is 2.45. The highest BCUT2D eigenvalue weighted by atomic mass is 32.2. The fraction of sp³-hybridized carbons (Fsp3) is 0.632. The number of nitrogens with zero attached hydrogens (tertiary/aromatic N) is 2. The monoisotopic (exact) mass is 347 g/mol. The average molecular weight is 348 g/mol. The van der Waals surface area contributed by atoms with Gasteiger partial charge in [0.25, 0.3) is 0 Å². The Labute approximate surface area is 150 Å². The van der Waals surface area contributed by atoms with Crippen LogP contribution in [0.5, 0.6) is 0 Å². The van der Waals surface area contributed by atoms with E-state index in [-0.39, 0.29) is 17.1 Å². The van der Waals surface area contributed by atoms with Crippen LogP contribution in [0.4, 0.5) is 4.79 Å². The molecule has 1 aliphatic carbocycles. The van der Waals surface area contributed by atoms with Gasteiger partial charge in [-0.25, -0.2) is 4.79 Å². The summed E-state index contributed by atoms with van der Waals surface area (Å²) in [6.45, 7) is 1.72. The molecule has 4 nitrogen and oxygen atoms in total. The van der Waals surface area contributed by atoms with Crippen molar-refractivity contribution in [3.8, 4) is 0 Å². The maximum absolute atomic E-state index is 12.3. The lowest BCUT2D eigenvalue weighted by molar-refractivity contribution is 0.0622. The number of amides is 2. The molecule has 0 unspecified atom stereocenters. The van der Waals surface area contributed by atoms with Crippen LogP contribution in [0.2, 0.25) is 0 Å². The van der Waals surface area contributed by atoms with Crippen molar-refractivity contribution < 1.29 is 4.79 Å². The number of rotatable bonds is 5. The van der Waals surface area contributed by atoms with Crippen molar-refractivity contribution in [2.45, 2.75) is 36.8 Å². The lowest BCUT2D eigenvalue weighted by Crippen LogP contribution is -2.54. The Bertz CT molecular complexity index is 567. The molecule has 0 bridgehead atoms. The van der Waals surface area contributed by atoms with E-state index in [9.17, 15) is 4.79 Å². The maximum atomic E-state index is 12.3. The minimum atomic E-state index is -0.0240. The molecule has 3 rings (SSSR count). The molecule has 1 N–H and O–H groups in total. The van der Waals surface area contributed by atoms with E-state index >= 15 is 0 Å². The molecule has 1 heterocycles. The van der Waals surface area contributed by atoms with E-state index in [1.807, 2.05) is 4.90 Å². The van der Waals surface area contributed by atoms with Crippen molar-refractivity contribution in [2.75, 3.05) is 39.2 Å². The van der Waals surface area contributed by atoms with E-state index in [1.54, 1.807) is 11.8 Å². The van der Waals surface area contributed by atoms with Gasteiger partial charge in [-0.3, -0.25) is 4.90 Å². The van der Waals surface area contributed by atoms with Crippen LogP contribution in [0.25, 0.3) is 0 Å². The predicted octanol–water partition coefficient (Wildman–Crippen LogP) is 3.14. The SMILES string of the molecule is CSCCN1CC2(CCC(c3ccccc3)(N(C)C)CC2)NC1=O. The summed E-state index contributed by atoms with van der Waals surface area (Å²) in [6.07, 6.45) is 6.35. The Morgan fingerprint density at radius 2 is 1.83 bits per heavy atom. The van der Waals surface area contributed by atoms with E-state index in [0.29, 0.717) is 0 Å². The van der Waals surface area contributed by atoms with Crippen LogP contribution in [0.1, 0.15) is 31.2 Å². The molecule has 1 aromatic rings. The topological polar surface area (TPSA) is 35.6 Å². The first-order valence-corrected chi connectivity index (χ1v) is 10.2. The first-order chi connectivity index (χ1) is 11.5. The second-order valence-electron chi connectivity index (χ2n) is 7.42.